The quantitative estimate of drug-likeness (QED) is 0.734. The molecule has 0 amide bonds. The molecule has 21 heavy (non-hydrogen) atoms. The molecule has 0 aliphatic rings. The first-order valence-corrected chi connectivity index (χ1v) is 7.30. The highest BCUT2D eigenvalue weighted by molar-refractivity contribution is 5.63. The van der Waals surface area contributed by atoms with E-state index < -0.39 is 0 Å². The van der Waals surface area contributed by atoms with E-state index in [9.17, 15) is 0 Å². The van der Waals surface area contributed by atoms with Crippen LogP contribution in [0, 0.1) is 0 Å². The summed E-state index contributed by atoms with van der Waals surface area (Å²) in [7, 11) is 0. The number of hydrogen-bond donors (Lipinski definition) is 1. The van der Waals surface area contributed by atoms with Gasteiger partial charge in [-0.05, 0) is 35.4 Å². The summed E-state index contributed by atoms with van der Waals surface area (Å²) in [5, 5.41) is 3.47. The van der Waals surface area contributed by atoms with Gasteiger partial charge in [0.1, 0.15) is 5.76 Å². The number of benzene rings is 2. The second-order valence-corrected chi connectivity index (χ2v) is 4.99. The van der Waals surface area contributed by atoms with E-state index in [0.29, 0.717) is 0 Å². The molecule has 1 aromatic heterocycles. The molecule has 1 heterocycles. The lowest BCUT2D eigenvalue weighted by molar-refractivity contribution is 0.452. The first-order chi connectivity index (χ1) is 10.4. The third kappa shape index (κ3) is 3.06. The van der Waals surface area contributed by atoms with E-state index in [1.807, 2.05) is 18.2 Å². The van der Waals surface area contributed by atoms with Gasteiger partial charge in [-0.2, -0.15) is 0 Å². The summed E-state index contributed by atoms with van der Waals surface area (Å²) in [5.41, 5.74) is 3.68. The molecule has 0 bridgehead atoms. The maximum atomic E-state index is 5.55. The predicted octanol–water partition coefficient (Wildman–Crippen LogP) is 4.65. The zero-order valence-corrected chi connectivity index (χ0v) is 12.1. The van der Waals surface area contributed by atoms with Gasteiger partial charge in [-0.25, -0.2) is 0 Å². The Bertz CT molecular complexity index is 657. The number of hydrogen-bond acceptors (Lipinski definition) is 2. The van der Waals surface area contributed by atoms with Gasteiger partial charge in [0.15, 0.2) is 0 Å². The molecule has 0 saturated carbocycles. The maximum Gasteiger partial charge on any atom is 0.125 e. The van der Waals surface area contributed by atoms with Gasteiger partial charge in [-0.15, -0.1) is 0 Å². The Hall–Kier alpha value is -2.32. The molecular formula is C19H19NO. The smallest absolute Gasteiger partial charge is 0.125 e. The summed E-state index contributed by atoms with van der Waals surface area (Å²) in [6.45, 7) is 3.00. The van der Waals surface area contributed by atoms with Gasteiger partial charge in [0, 0.05) is 0 Å². The summed E-state index contributed by atoms with van der Waals surface area (Å²) >= 11 is 0. The predicted molar refractivity (Wildman–Crippen MR) is 86.1 cm³/mol. The van der Waals surface area contributed by atoms with Crippen LogP contribution in [0.2, 0.25) is 0 Å². The van der Waals surface area contributed by atoms with E-state index in [-0.39, 0.29) is 6.04 Å². The van der Waals surface area contributed by atoms with Crippen molar-refractivity contribution in [3.63, 3.8) is 0 Å². The van der Waals surface area contributed by atoms with Crippen molar-refractivity contribution in [2.75, 3.05) is 6.54 Å². The van der Waals surface area contributed by atoms with Crippen LogP contribution in [0.25, 0.3) is 11.1 Å². The molecular weight excluding hydrogens is 258 g/mol. The molecule has 0 fully saturated rings. The first kappa shape index (κ1) is 13.7. The maximum absolute atomic E-state index is 5.55. The van der Waals surface area contributed by atoms with Crippen molar-refractivity contribution in [1.82, 2.24) is 5.32 Å². The average molecular weight is 277 g/mol. The van der Waals surface area contributed by atoms with E-state index in [1.54, 1.807) is 6.26 Å². The Morgan fingerprint density at radius 3 is 2.19 bits per heavy atom. The highest BCUT2D eigenvalue weighted by Gasteiger charge is 2.15. The highest BCUT2D eigenvalue weighted by atomic mass is 16.3. The monoisotopic (exact) mass is 277 g/mol. The molecule has 3 rings (SSSR count). The van der Waals surface area contributed by atoms with Crippen molar-refractivity contribution in [3.05, 3.63) is 84.3 Å². The molecule has 0 saturated heterocycles. The zero-order valence-electron chi connectivity index (χ0n) is 12.1. The Morgan fingerprint density at radius 1 is 0.857 bits per heavy atom. The van der Waals surface area contributed by atoms with Gasteiger partial charge in [0.25, 0.3) is 0 Å². The Morgan fingerprint density at radius 2 is 1.57 bits per heavy atom. The van der Waals surface area contributed by atoms with Gasteiger partial charge < -0.3 is 9.73 Å². The molecule has 0 aliphatic carbocycles. The summed E-state index contributed by atoms with van der Waals surface area (Å²) < 4.78 is 5.55. The van der Waals surface area contributed by atoms with E-state index in [0.717, 1.165) is 12.3 Å². The highest BCUT2D eigenvalue weighted by Crippen LogP contribution is 2.25. The van der Waals surface area contributed by atoms with Gasteiger partial charge in [-0.3, -0.25) is 0 Å². The minimum absolute atomic E-state index is 0.106. The lowest BCUT2D eigenvalue weighted by Crippen LogP contribution is -2.21. The van der Waals surface area contributed by atoms with Crippen molar-refractivity contribution in [2.45, 2.75) is 13.0 Å². The Kier molecular flexibility index (Phi) is 4.17. The normalized spacial score (nSPS) is 12.2. The van der Waals surface area contributed by atoms with Crippen molar-refractivity contribution in [2.24, 2.45) is 0 Å². The molecule has 2 heteroatoms. The van der Waals surface area contributed by atoms with Gasteiger partial charge in [0.05, 0.1) is 12.3 Å². The topological polar surface area (TPSA) is 25.2 Å². The first-order valence-electron chi connectivity index (χ1n) is 7.30. The van der Waals surface area contributed by atoms with Gasteiger partial charge in [-0.1, -0.05) is 61.5 Å². The third-order valence-electron chi connectivity index (χ3n) is 3.59. The van der Waals surface area contributed by atoms with Crippen LogP contribution in [-0.2, 0) is 0 Å². The Balaban J connectivity index is 1.89. The van der Waals surface area contributed by atoms with Crippen LogP contribution in [0.3, 0.4) is 0 Å². The standard InChI is InChI=1S/C19H19NO/c1-2-20-19(18-9-6-14-21-18)17-12-10-16(11-13-17)15-7-4-3-5-8-15/h3-14,19-20H,2H2,1H3. The molecule has 2 aromatic carbocycles. The van der Waals surface area contributed by atoms with Crippen LogP contribution in [0.5, 0.6) is 0 Å². The van der Waals surface area contributed by atoms with Crippen molar-refractivity contribution >= 4 is 0 Å². The second kappa shape index (κ2) is 6.42. The Labute approximate surface area is 125 Å². The average Bonchev–Trinajstić information content (AvgIpc) is 3.08. The van der Waals surface area contributed by atoms with Crippen LogP contribution < -0.4 is 5.32 Å². The van der Waals surface area contributed by atoms with E-state index in [2.05, 4.69) is 60.8 Å². The van der Waals surface area contributed by atoms with Crippen LogP contribution in [0.1, 0.15) is 24.3 Å². The van der Waals surface area contributed by atoms with Crippen LogP contribution in [0.15, 0.2) is 77.4 Å². The molecule has 1 N–H and O–H groups in total. The van der Waals surface area contributed by atoms with Crippen LogP contribution in [0.4, 0.5) is 0 Å². The zero-order chi connectivity index (χ0) is 14.5. The largest absolute Gasteiger partial charge is 0.467 e. The van der Waals surface area contributed by atoms with Crippen LogP contribution >= 0.6 is 0 Å². The molecule has 2 nitrogen and oxygen atoms in total. The molecule has 0 radical (unpaired) electrons. The van der Waals surface area contributed by atoms with Crippen molar-refractivity contribution in [1.29, 1.82) is 0 Å². The lowest BCUT2D eigenvalue weighted by atomic mass is 9.99. The van der Waals surface area contributed by atoms with Gasteiger partial charge in [0.2, 0.25) is 0 Å². The van der Waals surface area contributed by atoms with Crippen molar-refractivity contribution in [3.8, 4) is 11.1 Å². The molecule has 3 aromatic rings. The summed E-state index contributed by atoms with van der Waals surface area (Å²) in [4.78, 5) is 0. The number of furan rings is 1. The summed E-state index contributed by atoms with van der Waals surface area (Å²) in [6.07, 6.45) is 1.72. The molecule has 106 valence electrons. The summed E-state index contributed by atoms with van der Waals surface area (Å²) in [6, 6.07) is 23.1. The lowest BCUT2D eigenvalue weighted by Gasteiger charge is -2.16. The molecule has 1 unspecified atom stereocenters. The fourth-order valence-corrected chi connectivity index (χ4v) is 2.54. The second-order valence-electron chi connectivity index (χ2n) is 4.99. The minimum atomic E-state index is 0.106. The van der Waals surface area contributed by atoms with Gasteiger partial charge >= 0.3 is 0 Å². The molecule has 0 aliphatic heterocycles. The summed E-state index contributed by atoms with van der Waals surface area (Å²) in [5.74, 6) is 0.948. The van der Waals surface area contributed by atoms with E-state index in [4.69, 9.17) is 4.42 Å². The fourth-order valence-electron chi connectivity index (χ4n) is 2.54. The third-order valence-corrected chi connectivity index (χ3v) is 3.59. The van der Waals surface area contributed by atoms with Crippen molar-refractivity contribution < 1.29 is 4.42 Å². The molecule has 1 atom stereocenters. The van der Waals surface area contributed by atoms with E-state index >= 15 is 0 Å². The van der Waals surface area contributed by atoms with Crippen LogP contribution in [-0.4, -0.2) is 6.54 Å². The van der Waals surface area contributed by atoms with E-state index in [1.165, 1.54) is 16.7 Å². The SMILES string of the molecule is CCNC(c1ccc(-c2ccccc2)cc1)c1ccco1. The molecule has 0 spiro atoms. The number of rotatable bonds is 5. The minimum Gasteiger partial charge on any atom is -0.467 e. The number of nitrogens with one attached hydrogen (secondary N) is 1. The fraction of sp³-hybridized carbons (Fsp3) is 0.158.